The third kappa shape index (κ3) is 5.81. The van der Waals surface area contributed by atoms with Crippen molar-refractivity contribution in [2.75, 3.05) is 0 Å². The lowest BCUT2D eigenvalue weighted by molar-refractivity contribution is -0.137. The summed E-state index contributed by atoms with van der Waals surface area (Å²) in [5.41, 5.74) is 1.15. The maximum atomic E-state index is 12.7. The molecule has 0 saturated carbocycles. The zero-order valence-electron chi connectivity index (χ0n) is 15.4. The first-order chi connectivity index (χ1) is 13.4. The minimum Gasteiger partial charge on any atom is -0.373 e. The second kappa shape index (κ2) is 9.22. The molecule has 3 atom stereocenters. The largest absolute Gasteiger partial charge is 0.416 e. The molecule has 2 aromatic carbocycles. The quantitative estimate of drug-likeness (QED) is 0.562. The first-order valence-corrected chi connectivity index (χ1v) is 9.23. The van der Waals surface area contributed by atoms with Gasteiger partial charge in [-0.25, -0.2) is 0 Å². The minimum absolute atomic E-state index is 0.0270. The fourth-order valence-electron chi connectivity index (χ4n) is 3.15. The van der Waals surface area contributed by atoms with Crippen molar-refractivity contribution in [3.63, 3.8) is 0 Å². The van der Waals surface area contributed by atoms with Crippen LogP contribution in [-0.4, -0.2) is 18.3 Å². The molecule has 0 spiro atoms. The highest BCUT2D eigenvalue weighted by molar-refractivity contribution is 5.50. The molecule has 1 fully saturated rings. The van der Waals surface area contributed by atoms with E-state index in [1.165, 1.54) is 12.1 Å². The molecular weight excluding hydrogens is 365 g/mol. The van der Waals surface area contributed by atoms with E-state index in [1.807, 2.05) is 36.4 Å². The van der Waals surface area contributed by atoms with Gasteiger partial charge < -0.3 is 9.47 Å². The van der Waals surface area contributed by atoms with E-state index < -0.39 is 11.7 Å². The molecule has 148 valence electrons. The van der Waals surface area contributed by atoms with Gasteiger partial charge in [-0.2, -0.15) is 13.2 Å². The van der Waals surface area contributed by atoms with Crippen molar-refractivity contribution in [3.05, 3.63) is 90.0 Å². The fourth-order valence-corrected chi connectivity index (χ4v) is 3.15. The Kier molecular flexibility index (Phi) is 6.70. The van der Waals surface area contributed by atoms with Crippen molar-refractivity contribution < 1.29 is 22.6 Å². The van der Waals surface area contributed by atoms with Crippen LogP contribution >= 0.6 is 0 Å². The van der Waals surface area contributed by atoms with Gasteiger partial charge in [0.1, 0.15) is 0 Å². The lowest BCUT2D eigenvalue weighted by Crippen LogP contribution is -2.35. The smallest absolute Gasteiger partial charge is 0.373 e. The Labute approximate surface area is 163 Å². The van der Waals surface area contributed by atoms with E-state index in [0.29, 0.717) is 18.6 Å². The average Bonchev–Trinajstić information content (AvgIpc) is 2.71. The second-order valence-electron chi connectivity index (χ2n) is 6.82. The summed E-state index contributed by atoms with van der Waals surface area (Å²) in [5.74, 6) is 0. The molecule has 0 radical (unpaired) electrons. The highest BCUT2D eigenvalue weighted by atomic mass is 19.4. The van der Waals surface area contributed by atoms with E-state index in [1.54, 1.807) is 12.2 Å². The standard InChI is InChI=1S/C23H23F3O2/c1-2-20-14-22(27-16-18-6-4-3-5-7-18)15-21(28-20)13-10-17-8-11-19(12-9-17)23(24,25)26/h2-13,20-22H,1,14-16H2/b13-10+/t20-,21+,22-/m0/s1. The van der Waals surface area contributed by atoms with Crippen molar-refractivity contribution in [2.45, 2.75) is 43.9 Å². The molecule has 0 amide bonds. The molecule has 0 aliphatic carbocycles. The van der Waals surface area contributed by atoms with Crippen LogP contribution in [0.1, 0.15) is 29.5 Å². The number of alkyl halides is 3. The van der Waals surface area contributed by atoms with Crippen LogP contribution in [0.5, 0.6) is 0 Å². The zero-order chi connectivity index (χ0) is 20.0. The Bertz CT molecular complexity index is 782. The molecule has 0 aromatic heterocycles. The van der Waals surface area contributed by atoms with Crippen LogP contribution in [0.25, 0.3) is 6.08 Å². The van der Waals surface area contributed by atoms with Gasteiger partial charge in [-0.15, -0.1) is 6.58 Å². The molecule has 28 heavy (non-hydrogen) atoms. The number of hydrogen-bond donors (Lipinski definition) is 0. The van der Waals surface area contributed by atoms with Crippen LogP contribution in [0.3, 0.4) is 0 Å². The molecule has 0 N–H and O–H groups in total. The number of ether oxygens (including phenoxy) is 2. The van der Waals surface area contributed by atoms with Crippen LogP contribution < -0.4 is 0 Å². The maximum absolute atomic E-state index is 12.7. The SMILES string of the molecule is C=C[C@H]1C[C@H](OCc2ccccc2)C[C@@H](/C=C/c2ccc(C(F)(F)F)cc2)O1. The molecule has 0 bridgehead atoms. The van der Waals surface area contributed by atoms with Crippen molar-refractivity contribution >= 4 is 6.08 Å². The molecule has 3 rings (SSSR count). The topological polar surface area (TPSA) is 18.5 Å². The molecular formula is C23H23F3O2. The third-order valence-corrected chi connectivity index (χ3v) is 4.67. The van der Waals surface area contributed by atoms with E-state index in [0.717, 1.165) is 24.1 Å². The molecule has 1 heterocycles. The van der Waals surface area contributed by atoms with Gasteiger partial charge in [0.05, 0.1) is 30.5 Å². The molecule has 0 unspecified atom stereocenters. The van der Waals surface area contributed by atoms with Crippen LogP contribution in [0, 0.1) is 0 Å². The lowest BCUT2D eigenvalue weighted by Gasteiger charge is -2.32. The van der Waals surface area contributed by atoms with Gasteiger partial charge in [-0.05, 0) is 23.3 Å². The first kappa shape index (κ1) is 20.4. The highest BCUT2D eigenvalue weighted by Crippen LogP contribution is 2.29. The van der Waals surface area contributed by atoms with Crippen LogP contribution in [0.4, 0.5) is 13.2 Å². The van der Waals surface area contributed by atoms with Crippen molar-refractivity contribution in [3.8, 4) is 0 Å². The molecule has 1 saturated heterocycles. The Hall–Kier alpha value is -2.37. The Morgan fingerprint density at radius 1 is 1.00 bits per heavy atom. The van der Waals surface area contributed by atoms with E-state index in [9.17, 15) is 13.2 Å². The maximum Gasteiger partial charge on any atom is 0.416 e. The Balaban J connectivity index is 1.60. The van der Waals surface area contributed by atoms with Crippen molar-refractivity contribution in [1.82, 2.24) is 0 Å². The van der Waals surface area contributed by atoms with E-state index >= 15 is 0 Å². The summed E-state index contributed by atoms with van der Waals surface area (Å²) in [6.07, 6.45) is 2.25. The van der Waals surface area contributed by atoms with Gasteiger partial charge in [0, 0.05) is 12.8 Å². The van der Waals surface area contributed by atoms with Crippen LogP contribution in [-0.2, 0) is 22.3 Å². The number of halogens is 3. The second-order valence-corrected chi connectivity index (χ2v) is 6.82. The van der Waals surface area contributed by atoms with Gasteiger partial charge in [0.15, 0.2) is 0 Å². The van der Waals surface area contributed by atoms with E-state index in [-0.39, 0.29) is 18.3 Å². The summed E-state index contributed by atoms with van der Waals surface area (Å²) in [4.78, 5) is 0. The molecule has 2 aromatic rings. The van der Waals surface area contributed by atoms with Gasteiger partial charge in [-0.3, -0.25) is 0 Å². The monoisotopic (exact) mass is 388 g/mol. The van der Waals surface area contributed by atoms with Crippen LogP contribution in [0.15, 0.2) is 73.3 Å². The predicted octanol–water partition coefficient (Wildman–Crippen LogP) is 6.04. The average molecular weight is 388 g/mol. The highest BCUT2D eigenvalue weighted by Gasteiger charge is 2.30. The van der Waals surface area contributed by atoms with Gasteiger partial charge in [-0.1, -0.05) is 60.7 Å². The molecule has 5 heteroatoms. The summed E-state index contributed by atoms with van der Waals surface area (Å²) < 4.78 is 50.0. The van der Waals surface area contributed by atoms with E-state index in [2.05, 4.69) is 6.58 Å². The minimum atomic E-state index is -4.32. The van der Waals surface area contributed by atoms with E-state index in [4.69, 9.17) is 9.47 Å². The Morgan fingerprint density at radius 2 is 1.68 bits per heavy atom. The summed E-state index contributed by atoms with van der Waals surface area (Å²) in [6.45, 7) is 4.34. The zero-order valence-corrected chi connectivity index (χ0v) is 15.4. The number of rotatable bonds is 6. The summed E-state index contributed by atoms with van der Waals surface area (Å²) in [5, 5.41) is 0. The first-order valence-electron chi connectivity index (χ1n) is 9.23. The molecule has 1 aliphatic rings. The van der Waals surface area contributed by atoms with Gasteiger partial charge in [0.25, 0.3) is 0 Å². The van der Waals surface area contributed by atoms with Gasteiger partial charge in [0.2, 0.25) is 0 Å². The molecule has 1 aliphatic heterocycles. The molecule has 2 nitrogen and oxygen atoms in total. The Morgan fingerprint density at radius 3 is 2.32 bits per heavy atom. The van der Waals surface area contributed by atoms with Gasteiger partial charge >= 0.3 is 6.18 Å². The normalized spacial score (nSPS) is 23.0. The summed E-state index contributed by atoms with van der Waals surface area (Å²) in [6, 6.07) is 15.0. The van der Waals surface area contributed by atoms with Crippen molar-refractivity contribution in [2.24, 2.45) is 0 Å². The predicted molar refractivity (Wildman–Crippen MR) is 104 cm³/mol. The van der Waals surface area contributed by atoms with Crippen LogP contribution in [0.2, 0.25) is 0 Å². The fraction of sp³-hybridized carbons (Fsp3) is 0.304. The number of benzene rings is 2. The number of hydrogen-bond acceptors (Lipinski definition) is 2. The summed E-state index contributed by atoms with van der Waals surface area (Å²) >= 11 is 0. The summed E-state index contributed by atoms with van der Waals surface area (Å²) in [7, 11) is 0. The third-order valence-electron chi connectivity index (χ3n) is 4.67. The van der Waals surface area contributed by atoms with Crippen molar-refractivity contribution in [1.29, 1.82) is 0 Å². The lowest BCUT2D eigenvalue weighted by atomic mass is 9.99.